The normalized spacial score (nSPS) is 21.6. The largest absolute Gasteiger partial charge is 0.469 e. The third-order valence-corrected chi connectivity index (χ3v) is 6.86. The van der Waals surface area contributed by atoms with Crippen molar-refractivity contribution in [3.8, 4) is 0 Å². The Morgan fingerprint density at radius 2 is 1.88 bits per heavy atom. The first-order valence-corrected chi connectivity index (χ1v) is 12.5. The smallest absolute Gasteiger partial charge is 0.305 e. The maximum absolute atomic E-state index is 11.6. The molecule has 2 rings (SSSR count). The third-order valence-electron chi connectivity index (χ3n) is 6.37. The van der Waals surface area contributed by atoms with E-state index in [1.165, 1.54) is 19.6 Å². The molecule has 1 aromatic carbocycles. The van der Waals surface area contributed by atoms with Gasteiger partial charge in [-0.2, -0.15) is 0 Å². The van der Waals surface area contributed by atoms with E-state index in [0.717, 1.165) is 63.4 Å². The molecular formula is C27H39ClO4. The first kappa shape index (κ1) is 26.4. The molecule has 1 aliphatic rings. The zero-order chi connectivity index (χ0) is 23.3. The summed E-state index contributed by atoms with van der Waals surface area (Å²) in [7, 11) is 1.43. The van der Waals surface area contributed by atoms with Crippen molar-refractivity contribution in [1.29, 1.82) is 0 Å². The van der Waals surface area contributed by atoms with Crippen LogP contribution >= 0.6 is 11.6 Å². The average Bonchev–Trinajstić information content (AvgIpc) is 3.15. The molecule has 0 spiro atoms. The van der Waals surface area contributed by atoms with E-state index in [0.29, 0.717) is 18.3 Å². The molecular weight excluding hydrogens is 424 g/mol. The van der Waals surface area contributed by atoms with Crippen LogP contribution in [0.5, 0.6) is 0 Å². The lowest BCUT2D eigenvalue weighted by atomic mass is 9.85. The van der Waals surface area contributed by atoms with E-state index < -0.39 is 0 Å². The summed E-state index contributed by atoms with van der Waals surface area (Å²) in [5.41, 5.74) is 2.33. The van der Waals surface area contributed by atoms with Crippen molar-refractivity contribution in [3.05, 3.63) is 47.5 Å². The number of benzene rings is 1. The highest BCUT2D eigenvalue weighted by Crippen LogP contribution is 2.45. The van der Waals surface area contributed by atoms with Gasteiger partial charge in [0.05, 0.1) is 7.11 Å². The van der Waals surface area contributed by atoms with Gasteiger partial charge in [-0.1, -0.05) is 56.2 Å². The fourth-order valence-corrected chi connectivity index (χ4v) is 5.11. The van der Waals surface area contributed by atoms with Crippen molar-refractivity contribution < 1.29 is 19.1 Å². The van der Waals surface area contributed by atoms with E-state index in [4.69, 9.17) is 16.3 Å². The number of alkyl halides is 1. The Morgan fingerprint density at radius 1 is 1.12 bits per heavy atom. The van der Waals surface area contributed by atoms with E-state index in [1.54, 1.807) is 0 Å². The van der Waals surface area contributed by atoms with Crippen LogP contribution in [-0.2, 0) is 19.1 Å². The Hall–Kier alpha value is -1.81. The molecule has 178 valence electrons. The molecule has 4 unspecified atom stereocenters. The third kappa shape index (κ3) is 8.61. The molecule has 5 heteroatoms. The number of carbonyl (C=O) groups is 2. The van der Waals surface area contributed by atoms with Crippen LogP contribution in [0.3, 0.4) is 0 Å². The van der Waals surface area contributed by atoms with Crippen LogP contribution < -0.4 is 0 Å². The quantitative estimate of drug-likeness (QED) is 0.134. The SMILES string of the molecule is CCCCCC(OC(C)=O)c1ccc(C2C(Cl)CCC2C/C=C\CCCC(=O)OC)cc1. The minimum absolute atomic E-state index is 0.146. The molecule has 1 fully saturated rings. The summed E-state index contributed by atoms with van der Waals surface area (Å²) in [6.45, 7) is 3.65. The number of esters is 2. The van der Waals surface area contributed by atoms with Gasteiger partial charge in [0.1, 0.15) is 6.10 Å². The molecule has 32 heavy (non-hydrogen) atoms. The zero-order valence-electron chi connectivity index (χ0n) is 19.9. The zero-order valence-corrected chi connectivity index (χ0v) is 20.6. The second kappa shape index (κ2) is 14.4. The van der Waals surface area contributed by atoms with Crippen LogP contribution in [0.4, 0.5) is 0 Å². The van der Waals surface area contributed by atoms with Gasteiger partial charge in [0.15, 0.2) is 0 Å². The molecule has 4 nitrogen and oxygen atoms in total. The summed E-state index contributed by atoms with van der Waals surface area (Å²) in [6, 6.07) is 8.56. The summed E-state index contributed by atoms with van der Waals surface area (Å²) in [5, 5.41) is 0.146. The summed E-state index contributed by atoms with van der Waals surface area (Å²) in [5.74, 6) is 0.473. The van der Waals surface area contributed by atoms with Crippen LogP contribution in [0.1, 0.15) is 101 Å². The number of hydrogen-bond acceptors (Lipinski definition) is 4. The Balaban J connectivity index is 1.97. The highest BCUT2D eigenvalue weighted by Gasteiger charge is 2.35. The average molecular weight is 463 g/mol. The molecule has 0 bridgehead atoms. The van der Waals surface area contributed by atoms with Gasteiger partial charge in [0.25, 0.3) is 0 Å². The topological polar surface area (TPSA) is 52.6 Å². The summed E-state index contributed by atoms with van der Waals surface area (Å²) >= 11 is 6.73. The number of methoxy groups -OCH3 is 1. The predicted molar refractivity (Wildman–Crippen MR) is 130 cm³/mol. The number of rotatable bonds is 13. The summed E-state index contributed by atoms with van der Waals surface area (Å²) < 4.78 is 10.3. The molecule has 0 saturated heterocycles. The first-order valence-electron chi connectivity index (χ1n) is 12.1. The minimum Gasteiger partial charge on any atom is -0.469 e. The van der Waals surface area contributed by atoms with E-state index >= 15 is 0 Å². The molecule has 0 amide bonds. The lowest BCUT2D eigenvalue weighted by Gasteiger charge is -2.23. The summed E-state index contributed by atoms with van der Waals surface area (Å²) in [4.78, 5) is 22.8. The fraction of sp³-hybridized carbons (Fsp3) is 0.630. The lowest BCUT2D eigenvalue weighted by Crippen LogP contribution is -2.13. The van der Waals surface area contributed by atoms with Crippen LogP contribution in [0, 0.1) is 5.92 Å². The van der Waals surface area contributed by atoms with Crippen molar-refractivity contribution in [3.63, 3.8) is 0 Å². The molecule has 1 aromatic rings. The van der Waals surface area contributed by atoms with Crippen LogP contribution in [0.2, 0.25) is 0 Å². The van der Waals surface area contributed by atoms with E-state index in [-0.39, 0.29) is 23.4 Å². The minimum atomic E-state index is -0.231. The second-order valence-electron chi connectivity index (χ2n) is 8.82. The predicted octanol–water partition coefficient (Wildman–Crippen LogP) is 7.26. The van der Waals surface area contributed by atoms with E-state index in [1.807, 2.05) is 0 Å². The highest BCUT2D eigenvalue weighted by atomic mass is 35.5. The van der Waals surface area contributed by atoms with Crippen LogP contribution in [0.25, 0.3) is 0 Å². The molecule has 1 aliphatic carbocycles. The summed E-state index contributed by atoms with van der Waals surface area (Å²) in [6.07, 6.45) is 13.8. The van der Waals surface area contributed by atoms with Crippen molar-refractivity contribution in [2.24, 2.45) is 5.92 Å². The second-order valence-corrected chi connectivity index (χ2v) is 9.38. The van der Waals surface area contributed by atoms with Crippen LogP contribution in [0.15, 0.2) is 36.4 Å². The van der Waals surface area contributed by atoms with Crippen molar-refractivity contribution in [2.75, 3.05) is 7.11 Å². The van der Waals surface area contributed by atoms with Gasteiger partial charge >= 0.3 is 11.9 Å². The van der Waals surface area contributed by atoms with Gasteiger partial charge < -0.3 is 9.47 Å². The molecule has 0 N–H and O–H groups in total. The maximum atomic E-state index is 11.6. The lowest BCUT2D eigenvalue weighted by molar-refractivity contribution is -0.147. The van der Waals surface area contributed by atoms with Crippen molar-refractivity contribution in [2.45, 2.75) is 95.5 Å². The standard InChI is InChI=1S/C27H39ClO4/c1-4-5-8-12-25(32-20(2)29)21-14-16-23(17-15-21)27-22(18-19-24(27)28)11-9-6-7-10-13-26(30)31-3/h6,9,14-17,22,24-25,27H,4-5,7-8,10-13,18-19H2,1-3H3/b9-6-. The van der Waals surface area contributed by atoms with E-state index in [9.17, 15) is 9.59 Å². The number of halogens is 1. The molecule has 0 heterocycles. The molecule has 1 saturated carbocycles. The number of carbonyl (C=O) groups excluding carboxylic acids is 2. The molecule has 0 aromatic heterocycles. The number of allylic oxidation sites excluding steroid dienone is 2. The monoisotopic (exact) mass is 462 g/mol. The maximum Gasteiger partial charge on any atom is 0.305 e. The number of ether oxygens (including phenoxy) is 2. The van der Waals surface area contributed by atoms with Gasteiger partial charge in [-0.25, -0.2) is 0 Å². The molecule has 4 atom stereocenters. The Labute approximate surface area is 198 Å². The van der Waals surface area contributed by atoms with Crippen LogP contribution in [-0.4, -0.2) is 24.4 Å². The van der Waals surface area contributed by atoms with Gasteiger partial charge in [-0.15, -0.1) is 11.6 Å². The van der Waals surface area contributed by atoms with Gasteiger partial charge in [0, 0.05) is 24.6 Å². The Morgan fingerprint density at radius 3 is 2.53 bits per heavy atom. The molecule has 0 aliphatic heterocycles. The highest BCUT2D eigenvalue weighted by molar-refractivity contribution is 6.21. The Bertz CT molecular complexity index is 728. The molecule has 0 radical (unpaired) electrons. The van der Waals surface area contributed by atoms with Gasteiger partial charge in [0.2, 0.25) is 0 Å². The number of hydrogen-bond donors (Lipinski definition) is 0. The van der Waals surface area contributed by atoms with Crippen molar-refractivity contribution >= 4 is 23.5 Å². The first-order chi connectivity index (χ1) is 15.5. The fourth-order valence-electron chi connectivity index (χ4n) is 4.63. The van der Waals surface area contributed by atoms with E-state index in [2.05, 4.69) is 48.1 Å². The number of unbranched alkanes of at least 4 members (excludes halogenated alkanes) is 3. The Kier molecular flexibility index (Phi) is 11.9. The van der Waals surface area contributed by atoms with Gasteiger partial charge in [-0.05, 0) is 62.0 Å². The van der Waals surface area contributed by atoms with Gasteiger partial charge in [-0.3, -0.25) is 9.59 Å². The van der Waals surface area contributed by atoms with Crippen molar-refractivity contribution in [1.82, 2.24) is 0 Å².